The Morgan fingerprint density at radius 1 is 1.45 bits per heavy atom. The predicted octanol–water partition coefficient (Wildman–Crippen LogP) is 2.75. The van der Waals surface area contributed by atoms with E-state index in [0.717, 1.165) is 12.0 Å². The third kappa shape index (κ3) is 3.91. The highest BCUT2D eigenvalue weighted by atomic mass is 35.5. The monoisotopic (exact) mass is 325 g/mol. The number of carboxylic acid groups (broad SMARTS) is 1. The maximum absolute atomic E-state index is 12.2. The SMILES string of the molecule is CCOc1ccc(CCC(=O)N2CCCC2C(=O)O)cc1Cl. The molecule has 0 saturated carbocycles. The van der Waals surface area contributed by atoms with Crippen molar-refractivity contribution in [3.8, 4) is 5.75 Å². The fourth-order valence-corrected chi connectivity index (χ4v) is 2.95. The summed E-state index contributed by atoms with van der Waals surface area (Å²) in [7, 11) is 0. The molecule has 120 valence electrons. The summed E-state index contributed by atoms with van der Waals surface area (Å²) in [6, 6.07) is 4.79. The molecule has 6 heteroatoms. The Labute approximate surface area is 134 Å². The van der Waals surface area contributed by atoms with Crippen LogP contribution in [0.15, 0.2) is 18.2 Å². The number of hydrogen-bond donors (Lipinski definition) is 1. The van der Waals surface area contributed by atoms with Gasteiger partial charge in [0.15, 0.2) is 0 Å². The van der Waals surface area contributed by atoms with Gasteiger partial charge < -0.3 is 14.7 Å². The number of aliphatic carboxylic acids is 1. The van der Waals surface area contributed by atoms with Gasteiger partial charge in [-0.1, -0.05) is 17.7 Å². The summed E-state index contributed by atoms with van der Waals surface area (Å²) in [5.41, 5.74) is 0.938. The number of carbonyl (C=O) groups excluding carboxylic acids is 1. The van der Waals surface area contributed by atoms with Crippen molar-refractivity contribution in [2.75, 3.05) is 13.2 Å². The zero-order valence-electron chi connectivity index (χ0n) is 12.5. The molecule has 1 aliphatic rings. The highest BCUT2D eigenvalue weighted by Crippen LogP contribution is 2.26. The zero-order chi connectivity index (χ0) is 16.1. The maximum atomic E-state index is 12.2. The number of halogens is 1. The molecule has 0 aliphatic carbocycles. The van der Waals surface area contributed by atoms with Crippen molar-refractivity contribution < 1.29 is 19.4 Å². The van der Waals surface area contributed by atoms with Gasteiger partial charge in [-0.05, 0) is 43.9 Å². The standard InChI is InChI=1S/C16H20ClNO4/c1-2-22-14-7-5-11(10-12(14)17)6-8-15(19)18-9-3-4-13(18)16(20)21/h5,7,10,13H,2-4,6,8-9H2,1H3,(H,20,21). The van der Waals surface area contributed by atoms with E-state index in [1.165, 1.54) is 4.90 Å². The Morgan fingerprint density at radius 2 is 2.23 bits per heavy atom. The molecule has 0 spiro atoms. The molecule has 1 aliphatic heterocycles. The van der Waals surface area contributed by atoms with Gasteiger partial charge in [0.25, 0.3) is 0 Å². The lowest BCUT2D eigenvalue weighted by atomic mass is 10.1. The van der Waals surface area contributed by atoms with Crippen molar-refractivity contribution in [1.29, 1.82) is 0 Å². The van der Waals surface area contributed by atoms with E-state index in [9.17, 15) is 9.59 Å². The first-order valence-corrected chi connectivity index (χ1v) is 7.84. The zero-order valence-corrected chi connectivity index (χ0v) is 13.3. The third-order valence-electron chi connectivity index (χ3n) is 3.78. The molecule has 1 fully saturated rings. The van der Waals surface area contributed by atoms with Crippen LogP contribution in [0, 0.1) is 0 Å². The van der Waals surface area contributed by atoms with Gasteiger partial charge in [-0.25, -0.2) is 4.79 Å². The lowest BCUT2D eigenvalue weighted by Crippen LogP contribution is -2.40. The molecule has 1 N–H and O–H groups in total. The van der Waals surface area contributed by atoms with Crippen LogP contribution in [0.3, 0.4) is 0 Å². The molecular formula is C16H20ClNO4. The number of carboxylic acids is 1. The average molecular weight is 326 g/mol. The second kappa shape index (κ2) is 7.49. The number of benzene rings is 1. The fraction of sp³-hybridized carbons (Fsp3) is 0.500. The van der Waals surface area contributed by atoms with Gasteiger partial charge in [0.2, 0.25) is 5.91 Å². The molecule has 1 aromatic rings. The third-order valence-corrected chi connectivity index (χ3v) is 4.08. The van der Waals surface area contributed by atoms with Gasteiger partial charge in [0.05, 0.1) is 11.6 Å². The molecule has 22 heavy (non-hydrogen) atoms. The Kier molecular flexibility index (Phi) is 5.66. The van der Waals surface area contributed by atoms with Gasteiger partial charge in [-0.15, -0.1) is 0 Å². The van der Waals surface area contributed by atoms with E-state index in [4.69, 9.17) is 21.4 Å². The number of aryl methyl sites for hydroxylation is 1. The van der Waals surface area contributed by atoms with Crippen LogP contribution in [0.1, 0.15) is 31.7 Å². The number of carbonyl (C=O) groups is 2. The number of likely N-dealkylation sites (tertiary alicyclic amines) is 1. The largest absolute Gasteiger partial charge is 0.492 e. The summed E-state index contributed by atoms with van der Waals surface area (Å²) in [5, 5.41) is 9.63. The maximum Gasteiger partial charge on any atom is 0.326 e. The van der Waals surface area contributed by atoms with Gasteiger partial charge in [-0.2, -0.15) is 0 Å². The normalized spacial score (nSPS) is 17.5. The molecule has 1 atom stereocenters. The fourth-order valence-electron chi connectivity index (χ4n) is 2.69. The van der Waals surface area contributed by atoms with Crippen LogP contribution in [-0.2, 0) is 16.0 Å². The topological polar surface area (TPSA) is 66.8 Å². The van der Waals surface area contributed by atoms with Crippen LogP contribution < -0.4 is 4.74 Å². The predicted molar refractivity (Wildman–Crippen MR) is 83.3 cm³/mol. The molecule has 1 heterocycles. The van der Waals surface area contributed by atoms with Gasteiger partial charge >= 0.3 is 5.97 Å². The van der Waals surface area contributed by atoms with Gasteiger partial charge in [0, 0.05) is 13.0 Å². The first-order chi connectivity index (χ1) is 10.5. The van der Waals surface area contributed by atoms with Crippen molar-refractivity contribution in [2.24, 2.45) is 0 Å². The van der Waals surface area contributed by atoms with Crippen LogP contribution in [0.5, 0.6) is 5.75 Å². The van der Waals surface area contributed by atoms with E-state index in [1.807, 2.05) is 13.0 Å². The summed E-state index contributed by atoms with van der Waals surface area (Å²) < 4.78 is 5.37. The average Bonchev–Trinajstić information content (AvgIpc) is 2.97. The number of amides is 1. The summed E-state index contributed by atoms with van der Waals surface area (Å²) >= 11 is 6.12. The number of rotatable bonds is 6. The van der Waals surface area contributed by atoms with E-state index in [1.54, 1.807) is 12.1 Å². The molecule has 1 amide bonds. The molecule has 1 saturated heterocycles. The van der Waals surface area contributed by atoms with Crippen LogP contribution in [-0.4, -0.2) is 41.1 Å². The highest BCUT2D eigenvalue weighted by molar-refractivity contribution is 6.32. The van der Waals surface area contributed by atoms with E-state index in [-0.39, 0.29) is 12.3 Å². The number of nitrogens with zero attached hydrogens (tertiary/aromatic N) is 1. The summed E-state index contributed by atoms with van der Waals surface area (Å²) in [6.07, 6.45) is 2.11. The van der Waals surface area contributed by atoms with Crippen molar-refractivity contribution >= 4 is 23.5 Å². The quantitative estimate of drug-likeness (QED) is 0.873. The van der Waals surface area contributed by atoms with E-state index < -0.39 is 12.0 Å². The minimum atomic E-state index is -0.921. The second-order valence-corrected chi connectivity index (χ2v) is 5.69. The Bertz CT molecular complexity index is 561. The molecule has 0 aromatic heterocycles. The van der Waals surface area contributed by atoms with Crippen LogP contribution >= 0.6 is 11.6 Å². The number of hydrogen-bond acceptors (Lipinski definition) is 3. The second-order valence-electron chi connectivity index (χ2n) is 5.28. The first kappa shape index (κ1) is 16.6. The highest BCUT2D eigenvalue weighted by Gasteiger charge is 2.33. The molecular weight excluding hydrogens is 306 g/mol. The molecule has 0 radical (unpaired) electrons. The minimum Gasteiger partial charge on any atom is -0.492 e. The Balaban J connectivity index is 1.93. The van der Waals surface area contributed by atoms with E-state index in [0.29, 0.717) is 36.8 Å². The smallest absolute Gasteiger partial charge is 0.326 e. The molecule has 5 nitrogen and oxygen atoms in total. The van der Waals surface area contributed by atoms with Crippen molar-refractivity contribution in [2.45, 2.75) is 38.6 Å². The van der Waals surface area contributed by atoms with Crippen LogP contribution in [0.4, 0.5) is 0 Å². The lowest BCUT2D eigenvalue weighted by Gasteiger charge is -2.21. The molecule has 1 aromatic carbocycles. The summed E-state index contributed by atoms with van der Waals surface area (Å²) in [4.78, 5) is 24.8. The molecule has 1 unspecified atom stereocenters. The number of ether oxygens (including phenoxy) is 1. The summed E-state index contributed by atoms with van der Waals surface area (Å²) in [6.45, 7) is 2.96. The summed E-state index contributed by atoms with van der Waals surface area (Å²) in [5.74, 6) is -0.408. The minimum absolute atomic E-state index is 0.116. The van der Waals surface area contributed by atoms with Crippen molar-refractivity contribution in [3.05, 3.63) is 28.8 Å². The van der Waals surface area contributed by atoms with E-state index in [2.05, 4.69) is 0 Å². The van der Waals surface area contributed by atoms with Crippen molar-refractivity contribution in [1.82, 2.24) is 4.90 Å². The van der Waals surface area contributed by atoms with Crippen molar-refractivity contribution in [3.63, 3.8) is 0 Å². The lowest BCUT2D eigenvalue weighted by molar-refractivity contribution is -0.148. The Morgan fingerprint density at radius 3 is 2.86 bits per heavy atom. The van der Waals surface area contributed by atoms with Crippen LogP contribution in [0.2, 0.25) is 5.02 Å². The van der Waals surface area contributed by atoms with E-state index >= 15 is 0 Å². The van der Waals surface area contributed by atoms with Crippen LogP contribution in [0.25, 0.3) is 0 Å². The first-order valence-electron chi connectivity index (χ1n) is 7.46. The Hall–Kier alpha value is -1.75. The molecule has 0 bridgehead atoms. The van der Waals surface area contributed by atoms with Gasteiger partial charge in [-0.3, -0.25) is 4.79 Å². The molecule has 2 rings (SSSR count). The van der Waals surface area contributed by atoms with Gasteiger partial charge in [0.1, 0.15) is 11.8 Å².